The molecule has 0 amide bonds. The second kappa shape index (κ2) is 7.58. The predicted molar refractivity (Wildman–Crippen MR) is 95.3 cm³/mol. The molecule has 0 radical (unpaired) electrons. The van der Waals surface area contributed by atoms with Gasteiger partial charge in [-0.05, 0) is 18.2 Å². The average molecular weight is 348 g/mol. The van der Waals surface area contributed by atoms with Crippen LogP contribution in [-0.2, 0) is 16.2 Å². The van der Waals surface area contributed by atoms with Gasteiger partial charge in [0.1, 0.15) is 5.69 Å². The first kappa shape index (κ1) is 18.1. The van der Waals surface area contributed by atoms with E-state index >= 15 is 0 Å². The first-order valence-electron chi connectivity index (χ1n) is 7.77. The van der Waals surface area contributed by atoms with Crippen molar-refractivity contribution in [3.8, 4) is 11.3 Å². The van der Waals surface area contributed by atoms with Gasteiger partial charge in [-0.15, -0.1) is 5.10 Å². The minimum absolute atomic E-state index is 0.150. The highest BCUT2D eigenvalue weighted by Gasteiger charge is 2.21. The van der Waals surface area contributed by atoms with Crippen molar-refractivity contribution < 1.29 is 14.3 Å². The summed E-state index contributed by atoms with van der Waals surface area (Å²) in [6.45, 7) is 7.70. The summed E-state index contributed by atoms with van der Waals surface area (Å²) in [6.07, 6.45) is 0. The van der Waals surface area contributed by atoms with Gasteiger partial charge in [0.05, 0.1) is 7.11 Å². The number of anilines is 1. The molecule has 0 fully saturated rings. The fraction of sp³-hybridized carbons (Fsp3) is 0.438. The molecule has 0 atom stereocenters. The SMILES string of the molecule is COC(=O)c1nn(COCC[Si](C)(C)C)nc1-c1cccc(N)c1. The van der Waals surface area contributed by atoms with Crippen molar-refractivity contribution in [1.82, 2.24) is 15.0 Å². The van der Waals surface area contributed by atoms with E-state index in [4.69, 9.17) is 15.2 Å². The van der Waals surface area contributed by atoms with E-state index in [0.29, 0.717) is 23.6 Å². The highest BCUT2D eigenvalue weighted by atomic mass is 28.3. The number of benzene rings is 1. The van der Waals surface area contributed by atoms with Crippen LogP contribution in [0, 0.1) is 0 Å². The number of nitrogens with two attached hydrogens (primary N) is 1. The third-order valence-electron chi connectivity index (χ3n) is 3.40. The Balaban J connectivity index is 2.18. The molecule has 0 aliphatic heterocycles. The second-order valence-electron chi connectivity index (χ2n) is 6.73. The second-order valence-corrected chi connectivity index (χ2v) is 12.4. The molecule has 2 rings (SSSR count). The van der Waals surface area contributed by atoms with E-state index in [1.807, 2.05) is 6.07 Å². The quantitative estimate of drug-likeness (QED) is 0.358. The zero-order valence-electron chi connectivity index (χ0n) is 14.6. The number of hydrogen-bond acceptors (Lipinski definition) is 6. The van der Waals surface area contributed by atoms with Crippen LogP contribution < -0.4 is 5.73 Å². The number of ether oxygens (including phenoxy) is 2. The minimum Gasteiger partial charge on any atom is -0.464 e. The molecule has 1 aromatic carbocycles. The summed E-state index contributed by atoms with van der Waals surface area (Å²) < 4.78 is 10.4. The van der Waals surface area contributed by atoms with Crippen LogP contribution in [-0.4, -0.2) is 42.8 Å². The number of rotatable bonds is 7. The predicted octanol–water partition coefficient (Wildman–Crippen LogP) is 2.63. The Morgan fingerprint density at radius 3 is 2.67 bits per heavy atom. The summed E-state index contributed by atoms with van der Waals surface area (Å²) in [7, 11) is 0.168. The lowest BCUT2D eigenvalue weighted by Gasteiger charge is -2.14. The Labute approximate surface area is 142 Å². The van der Waals surface area contributed by atoms with Gasteiger partial charge in [0, 0.05) is 25.9 Å². The molecule has 7 nitrogen and oxygen atoms in total. The number of carbonyl (C=O) groups excluding carboxylic acids is 1. The van der Waals surface area contributed by atoms with Crippen molar-refractivity contribution in [2.75, 3.05) is 19.5 Å². The van der Waals surface area contributed by atoms with E-state index in [-0.39, 0.29) is 12.4 Å². The van der Waals surface area contributed by atoms with E-state index < -0.39 is 14.0 Å². The highest BCUT2D eigenvalue weighted by Crippen LogP contribution is 2.23. The van der Waals surface area contributed by atoms with Gasteiger partial charge in [-0.3, -0.25) is 0 Å². The molecule has 8 heteroatoms. The van der Waals surface area contributed by atoms with Crippen molar-refractivity contribution >= 4 is 19.7 Å². The molecule has 1 aromatic heterocycles. The third-order valence-corrected chi connectivity index (χ3v) is 5.10. The fourth-order valence-corrected chi connectivity index (χ4v) is 2.80. The van der Waals surface area contributed by atoms with Crippen molar-refractivity contribution in [2.45, 2.75) is 32.4 Å². The molecule has 1 heterocycles. The maximum absolute atomic E-state index is 12.0. The number of carbonyl (C=O) groups is 1. The van der Waals surface area contributed by atoms with Gasteiger partial charge in [-0.1, -0.05) is 31.8 Å². The Kier molecular flexibility index (Phi) is 5.74. The van der Waals surface area contributed by atoms with Crippen molar-refractivity contribution in [3.05, 3.63) is 30.0 Å². The molecule has 0 spiro atoms. The van der Waals surface area contributed by atoms with Crippen LogP contribution in [0.2, 0.25) is 25.7 Å². The first-order valence-corrected chi connectivity index (χ1v) is 11.5. The van der Waals surface area contributed by atoms with Crippen LogP contribution in [0.25, 0.3) is 11.3 Å². The van der Waals surface area contributed by atoms with Crippen LogP contribution in [0.3, 0.4) is 0 Å². The molecule has 0 bridgehead atoms. The molecular weight excluding hydrogens is 324 g/mol. The van der Waals surface area contributed by atoms with E-state index in [9.17, 15) is 4.79 Å². The van der Waals surface area contributed by atoms with Crippen LogP contribution in [0.15, 0.2) is 24.3 Å². The van der Waals surface area contributed by atoms with Crippen LogP contribution in [0.1, 0.15) is 10.5 Å². The molecule has 130 valence electrons. The van der Waals surface area contributed by atoms with E-state index in [1.165, 1.54) is 11.9 Å². The summed E-state index contributed by atoms with van der Waals surface area (Å²) in [5.74, 6) is -0.541. The van der Waals surface area contributed by atoms with Crippen molar-refractivity contribution in [2.24, 2.45) is 0 Å². The summed E-state index contributed by atoms with van der Waals surface area (Å²) in [5.41, 5.74) is 7.69. The number of esters is 1. The molecule has 24 heavy (non-hydrogen) atoms. The van der Waals surface area contributed by atoms with Crippen LogP contribution in [0.4, 0.5) is 5.69 Å². The first-order chi connectivity index (χ1) is 11.3. The van der Waals surface area contributed by atoms with Gasteiger partial charge in [-0.25, -0.2) is 4.79 Å². The molecule has 2 N–H and O–H groups in total. The Morgan fingerprint density at radius 2 is 2.04 bits per heavy atom. The van der Waals surface area contributed by atoms with Gasteiger partial charge in [0.25, 0.3) is 0 Å². The standard InChI is InChI=1S/C16H24N4O3Si/c1-22-16(21)15-14(12-6-5-7-13(17)10-12)18-20(19-15)11-23-8-9-24(2,3)4/h5-7,10H,8-9,11,17H2,1-4H3. The Morgan fingerprint density at radius 1 is 1.29 bits per heavy atom. The van der Waals surface area contributed by atoms with E-state index in [2.05, 4.69) is 29.8 Å². The topological polar surface area (TPSA) is 92.3 Å². The van der Waals surface area contributed by atoms with Crippen LogP contribution >= 0.6 is 0 Å². The maximum atomic E-state index is 12.0. The zero-order chi connectivity index (χ0) is 17.7. The molecule has 0 unspecified atom stereocenters. The largest absolute Gasteiger partial charge is 0.464 e. The van der Waals surface area contributed by atoms with E-state index in [0.717, 1.165) is 6.04 Å². The summed E-state index contributed by atoms with van der Waals surface area (Å²) in [6, 6.07) is 8.19. The third kappa shape index (κ3) is 4.90. The molecule has 0 aliphatic carbocycles. The van der Waals surface area contributed by atoms with Gasteiger partial charge in [0.2, 0.25) is 0 Å². The highest BCUT2D eigenvalue weighted by molar-refractivity contribution is 6.76. The smallest absolute Gasteiger partial charge is 0.360 e. The summed E-state index contributed by atoms with van der Waals surface area (Å²) in [5, 5.41) is 8.56. The minimum atomic E-state index is -1.15. The van der Waals surface area contributed by atoms with Gasteiger partial charge < -0.3 is 15.2 Å². The number of hydrogen-bond donors (Lipinski definition) is 1. The lowest BCUT2D eigenvalue weighted by atomic mass is 10.1. The lowest BCUT2D eigenvalue weighted by molar-refractivity contribution is 0.0575. The molecule has 0 aliphatic rings. The number of nitrogen functional groups attached to an aromatic ring is 1. The fourth-order valence-electron chi connectivity index (χ4n) is 2.04. The Bertz CT molecular complexity index is 710. The molecule has 0 saturated carbocycles. The number of nitrogens with zero attached hydrogens (tertiary/aromatic N) is 3. The lowest BCUT2D eigenvalue weighted by Crippen LogP contribution is -2.22. The van der Waals surface area contributed by atoms with Gasteiger partial charge in [0.15, 0.2) is 12.4 Å². The normalized spacial score (nSPS) is 11.5. The van der Waals surface area contributed by atoms with Crippen LogP contribution in [0.5, 0.6) is 0 Å². The van der Waals surface area contributed by atoms with Gasteiger partial charge >= 0.3 is 5.97 Å². The monoisotopic (exact) mass is 348 g/mol. The molecule has 0 saturated heterocycles. The number of aromatic nitrogens is 3. The average Bonchev–Trinajstić information content (AvgIpc) is 2.94. The Hall–Kier alpha value is -2.19. The molecular formula is C16H24N4O3Si. The summed E-state index contributed by atoms with van der Waals surface area (Å²) >= 11 is 0. The number of methoxy groups -OCH3 is 1. The van der Waals surface area contributed by atoms with Crippen molar-refractivity contribution in [3.63, 3.8) is 0 Å². The van der Waals surface area contributed by atoms with Crippen molar-refractivity contribution in [1.29, 1.82) is 0 Å². The molecule has 2 aromatic rings. The van der Waals surface area contributed by atoms with E-state index in [1.54, 1.807) is 18.2 Å². The zero-order valence-corrected chi connectivity index (χ0v) is 15.6. The van der Waals surface area contributed by atoms with Gasteiger partial charge in [-0.2, -0.15) is 9.90 Å². The summed E-state index contributed by atoms with van der Waals surface area (Å²) in [4.78, 5) is 13.3. The maximum Gasteiger partial charge on any atom is 0.360 e.